The molecule has 1 aromatic carbocycles. The Morgan fingerprint density at radius 2 is 2.11 bits per heavy atom. The van der Waals surface area contributed by atoms with Crippen molar-refractivity contribution < 1.29 is 19.0 Å². The predicted molar refractivity (Wildman–Crippen MR) is 72.7 cm³/mol. The van der Waals surface area contributed by atoms with E-state index in [0.717, 1.165) is 12.7 Å². The van der Waals surface area contributed by atoms with Crippen LogP contribution in [0.2, 0.25) is 0 Å². The van der Waals surface area contributed by atoms with E-state index in [9.17, 15) is 4.79 Å². The minimum absolute atomic E-state index is 0.00256. The van der Waals surface area contributed by atoms with Crippen molar-refractivity contribution in [1.82, 2.24) is 0 Å². The van der Waals surface area contributed by atoms with E-state index in [0.29, 0.717) is 28.1 Å². The first kappa shape index (κ1) is 15.0. The van der Waals surface area contributed by atoms with Gasteiger partial charge in [0.1, 0.15) is 6.29 Å². The van der Waals surface area contributed by atoms with E-state index in [4.69, 9.17) is 14.2 Å². The van der Waals surface area contributed by atoms with Gasteiger partial charge in [-0.2, -0.15) is 0 Å². The number of aldehydes is 1. The average molecular weight is 317 g/mol. The standard InChI is InChI=1S/C13H17BrO4/c1-9(4-5-16-2)18-13-11(14)6-10(8-15)7-12(13)17-3/h6-9H,4-5H2,1-3H3. The van der Waals surface area contributed by atoms with Crippen molar-refractivity contribution in [3.8, 4) is 11.5 Å². The van der Waals surface area contributed by atoms with E-state index in [-0.39, 0.29) is 6.10 Å². The number of benzene rings is 1. The minimum atomic E-state index is -0.00256. The Hall–Kier alpha value is -1.07. The molecule has 0 spiro atoms. The summed E-state index contributed by atoms with van der Waals surface area (Å²) in [5, 5.41) is 0. The maximum absolute atomic E-state index is 10.8. The van der Waals surface area contributed by atoms with Gasteiger partial charge in [0, 0.05) is 25.7 Å². The zero-order valence-corrected chi connectivity index (χ0v) is 12.3. The molecule has 0 bridgehead atoms. The fourth-order valence-corrected chi connectivity index (χ4v) is 2.02. The lowest BCUT2D eigenvalue weighted by molar-refractivity contribution is 0.112. The molecular weight excluding hydrogens is 300 g/mol. The molecule has 0 saturated carbocycles. The summed E-state index contributed by atoms with van der Waals surface area (Å²) in [6.07, 6.45) is 1.55. The minimum Gasteiger partial charge on any atom is -0.493 e. The van der Waals surface area contributed by atoms with E-state index in [1.165, 1.54) is 0 Å². The van der Waals surface area contributed by atoms with Gasteiger partial charge in [0.05, 0.1) is 17.7 Å². The van der Waals surface area contributed by atoms with Crippen molar-refractivity contribution in [3.05, 3.63) is 22.2 Å². The summed E-state index contributed by atoms with van der Waals surface area (Å²) < 4.78 is 16.7. The fourth-order valence-electron chi connectivity index (χ4n) is 1.47. The van der Waals surface area contributed by atoms with Crippen LogP contribution < -0.4 is 9.47 Å². The molecule has 0 aliphatic carbocycles. The van der Waals surface area contributed by atoms with Gasteiger partial charge >= 0.3 is 0 Å². The van der Waals surface area contributed by atoms with Crippen molar-refractivity contribution in [2.24, 2.45) is 0 Å². The molecule has 0 aromatic heterocycles. The number of halogens is 1. The van der Waals surface area contributed by atoms with Crippen LogP contribution in [0.25, 0.3) is 0 Å². The van der Waals surface area contributed by atoms with Crippen LogP contribution in [0.1, 0.15) is 23.7 Å². The van der Waals surface area contributed by atoms with Crippen LogP contribution in [0.15, 0.2) is 16.6 Å². The van der Waals surface area contributed by atoms with Gasteiger partial charge in [-0.15, -0.1) is 0 Å². The molecule has 0 amide bonds. The Morgan fingerprint density at radius 3 is 2.67 bits per heavy atom. The van der Waals surface area contributed by atoms with Gasteiger partial charge in [-0.25, -0.2) is 0 Å². The van der Waals surface area contributed by atoms with Crippen LogP contribution in [0.3, 0.4) is 0 Å². The first-order valence-corrected chi connectivity index (χ1v) is 6.40. The van der Waals surface area contributed by atoms with Crippen LogP contribution in [-0.2, 0) is 4.74 Å². The normalized spacial score (nSPS) is 12.0. The maximum Gasteiger partial charge on any atom is 0.175 e. The molecule has 0 saturated heterocycles. The third-order valence-electron chi connectivity index (χ3n) is 2.44. The monoisotopic (exact) mass is 316 g/mol. The van der Waals surface area contributed by atoms with E-state index in [1.54, 1.807) is 26.4 Å². The van der Waals surface area contributed by atoms with E-state index < -0.39 is 0 Å². The molecule has 1 aromatic rings. The summed E-state index contributed by atoms with van der Waals surface area (Å²) in [6, 6.07) is 3.35. The van der Waals surface area contributed by atoms with Crippen LogP contribution in [0, 0.1) is 0 Å². The highest BCUT2D eigenvalue weighted by molar-refractivity contribution is 9.10. The quantitative estimate of drug-likeness (QED) is 0.725. The molecule has 1 unspecified atom stereocenters. The number of methoxy groups -OCH3 is 2. The third-order valence-corrected chi connectivity index (χ3v) is 3.02. The van der Waals surface area contributed by atoms with Crippen molar-refractivity contribution in [2.75, 3.05) is 20.8 Å². The van der Waals surface area contributed by atoms with Crippen LogP contribution in [0.4, 0.5) is 0 Å². The zero-order valence-electron chi connectivity index (χ0n) is 10.7. The Bertz CT molecular complexity index is 406. The van der Waals surface area contributed by atoms with Crippen molar-refractivity contribution in [3.63, 3.8) is 0 Å². The molecule has 0 N–H and O–H groups in total. The highest BCUT2D eigenvalue weighted by Crippen LogP contribution is 2.37. The molecular formula is C13H17BrO4. The van der Waals surface area contributed by atoms with Crippen molar-refractivity contribution in [2.45, 2.75) is 19.4 Å². The highest BCUT2D eigenvalue weighted by Gasteiger charge is 2.14. The summed E-state index contributed by atoms with van der Waals surface area (Å²) >= 11 is 3.38. The molecule has 100 valence electrons. The zero-order chi connectivity index (χ0) is 13.5. The van der Waals surface area contributed by atoms with Gasteiger partial charge in [0.2, 0.25) is 0 Å². The van der Waals surface area contributed by atoms with Crippen LogP contribution in [0.5, 0.6) is 11.5 Å². The smallest absolute Gasteiger partial charge is 0.175 e. The van der Waals surface area contributed by atoms with E-state index in [1.807, 2.05) is 6.92 Å². The summed E-state index contributed by atoms with van der Waals surface area (Å²) in [5.41, 5.74) is 0.538. The van der Waals surface area contributed by atoms with Gasteiger partial charge in [0.25, 0.3) is 0 Å². The molecule has 0 aliphatic rings. The maximum atomic E-state index is 10.8. The molecule has 18 heavy (non-hydrogen) atoms. The predicted octanol–water partition coefficient (Wildman–Crippen LogP) is 3.07. The third kappa shape index (κ3) is 3.99. The van der Waals surface area contributed by atoms with Gasteiger partial charge < -0.3 is 14.2 Å². The first-order valence-electron chi connectivity index (χ1n) is 5.60. The fraction of sp³-hybridized carbons (Fsp3) is 0.462. The lowest BCUT2D eigenvalue weighted by atomic mass is 10.2. The average Bonchev–Trinajstić information content (AvgIpc) is 2.38. The lowest BCUT2D eigenvalue weighted by Gasteiger charge is -2.18. The number of hydrogen-bond donors (Lipinski definition) is 0. The molecule has 0 heterocycles. The Morgan fingerprint density at radius 1 is 1.39 bits per heavy atom. The number of hydrogen-bond acceptors (Lipinski definition) is 4. The topological polar surface area (TPSA) is 44.8 Å². The Balaban J connectivity index is 2.90. The van der Waals surface area contributed by atoms with E-state index in [2.05, 4.69) is 15.9 Å². The van der Waals surface area contributed by atoms with Gasteiger partial charge in [-0.3, -0.25) is 4.79 Å². The second kappa shape index (κ2) is 7.38. The van der Waals surface area contributed by atoms with E-state index >= 15 is 0 Å². The number of carbonyl (C=O) groups is 1. The molecule has 5 heteroatoms. The molecule has 1 atom stereocenters. The van der Waals surface area contributed by atoms with Crippen molar-refractivity contribution in [1.29, 1.82) is 0 Å². The van der Waals surface area contributed by atoms with Crippen molar-refractivity contribution >= 4 is 22.2 Å². The summed E-state index contributed by atoms with van der Waals surface area (Å²) in [7, 11) is 3.20. The summed E-state index contributed by atoms with van der Waals surface area (Å²) in [4.78, 5) is 10.8. The second-order valence-corrected chi connectivity index (χ2v) is 4.72. The summed E-state index contributed by atoms with van der Waals surface area (Å²) in [5.74, 6) is 1.14. The van der Waals surface area contributed by atoms with Crippen LogP contribution >= 0.6 is 15.9 Å². The SMILES string of the molecule is COCCC(C)Oc1c(Br)cc(C=O)cc1OC. The molecule has 1 rings (SSSR count). The van der Waals surface area contributed by atoms with Gasteiger partial charge in [-0.1, -0.05) is 0 Å². The molecule has 0 aliphatic heterocycles. The second-order valence-electron chi connectivity index (χ2n) is 3.86. The Kier molecular flexibility index (Phi) is 6.15. The molecule has 4 nitrogen and oxygen atoms in total. The Labute approximate surface area is 115 Å². The summed E-state index contributed by atoms with van der Waals surface area (Å²) in [6.45, 7) is 2.59. The number of rotatable bonds is 7. The van der Waals surface area contributed by atoms with Crippen LogP contribution in [-0.4, -0.2) is 33.2 Å². The number of ether oxygens (including phenoxy) is 3. The number of carbonyl (C=O) groups excluding carboxylic acids is 1. The first-order chi connectivity index (χ1) is 8.62. The highest BCUT2D eigenvalue weighted by atomic mass is 79.9. The molecule has 0 fully saturated rings. The van der Waals surface area contributed by atoms with Gasteiger partial charge in [-0.05, 0) is 35.0 Å². The molecule has 0 radical (unpaired) electrons. The van der Waals surface area contributed by atoms with Gasteiger partial charge in [0.15, 0.2) is 11.5 Å². The lowest BCUT2D eigenvalue weighted by Crippen LogP contribution is -2.15. The largest absolute Gasteiger partial charge is 0.493 e.